The minimum atomic E-state index is -0.860. The van der Waals surface area contributed by atoms with Crippen LogP contribution in [0.2, 0.25) is 0 Å². The molecule has 31 heavy (non-hydrogen) atoms. The predicted octanol–water partition coefficient (Wildman–Crippen LogP) is 2.26. The van der Waals surface area contributed by atoms with Gasteiger partial charge in [-0.1, -0.05) is 6.42 Å². The molecule has 0 radical (unpaired) electrons. The van der Waals surface area contributed by atoms with Gasteiger partial charge in [-0.25, -0.2) is 9.59 Å². The first kappa shape index (κ1) is 22.1. The Morgan fingerprint density at radius 1 is 1.10 bits per heavy atom. The molecule has 0 spiro atoms. The second kappa shape index (κ2) is 9.16. The number of hydrogen-bond acceptors (Lipinski definition) is 8. The number of β-lactam (4-membered cyclic amide) rings is 1. The van der Waals surface area contributed by atoms with Gasteiger partial charge in [0.25, 0.3) is 0 Å². The van der Waals surface area contributed by atoms with E-state index in [-0.39, 0.29) is 35.8 Å². The monoisotopic (exact) mass is 437 g/mol. The van der Waals surface area contributed by atoms with Crippen LogP contribution in [0.1, 0.15) is 58.3 Å². The standard InChI is InChI=1S/C22H31NO8/c1-12(24)16-18-14-9-6-10-15(28-2)17(14)19(23(18)20(16)25)21(26)29-11-30-22(27)31-13-7-4-3-5-8-13/h12-16,18,24H,3-11H2,1-2H3. The highest BCUT2D eigenvalue weighted by atomic mass is 16.8. The van der Waals surface area contributed by atoms with Crippen LogP contribution >= 0.6 is 0 Å². The van der Waals surface area contributed by atoms with Crippen molar-refractivity contribution in [2.75, 3.05) is 13.9 Å². The van der Waals surface area contributed by atoms with Crippen LogP contribution in [-0.4, -0.2) is 66.3 Å². The molecule has 1 N–H and O–H groups in total. The van der Waals surface area contributed by atoms with Gasteiger partial charge in [0.1, 0.15) is 11.8 Å². The van der Waals surface area contributed by atoms with Crippen LogP contribution in [0, 0.1) is 11.8 Å². The largest absolute Gasteiger partial charge is 0.511 e. The van der Waals surface area contributed by atoms with Crippen LogP contribution in [0.3, 0.4) is 0 Å². The summed E-state index contributed by atoms with van der Waals surface area (Å²) in [5.74, 6) is -1.60. The van der Waals surface area contributed by atoms with Crippen molar-refractivity contribution in [1.82, 2.24) is 4.90 Å². The van der Waals surface area contributed by atoms with E-state index in [2.05, 4.69) is 0 Å². The molecule has 0 aromatic rings. The third kappa shape index (κ3) is 4.05. The van der Waals surface area contributed by atoms with Gasteiger partial charge in [0.05, 0.1) is 24.2 Å². The van der Waals surface area contributed by atoms with Crippen molar-refractivity contribution in [3.05, 3.63) is 11.3 Å². The lowest BCUT2D eigenvalue weighted by Gasteiger charge is -2.47. The Morgan fingerprint density at radius 2 is 1.84 bits per heavy atom. The van der Waals surface area contributed by atoms with Crippen molar-refractivity contribution in [3.8, 4) is 0 Å². The summed E-state index contributed by atoms with van der Waals surface area (Å²) in [6.45, 7) is 1.01. The molecule has 2 heterocycles. The second-order valence-corrected chi connectivity index (χ2v) is 8.85. The fourth-order valence-corrected chi connectivity index (χ4v) is 5.62. The second-order valence-electron chi connectivity index (χ2n) is 8.85. The van der Waals surface area contributed by atoms with Gasteiger partial charge in [-0.3, -0.25) is 4.79 Å². The maximum Gasteiger partial charge on any atom is 0.511 e. The predicted molar refractivity (Wildman–Crippen MR) is 106 cm³/mol. The highest BCUT2D eigenvalue weighted by Crippen LogP contribution is 2.52. The molecule has 0 bridgehead atoms. The number of methoxy groups -OCH3 is 1. The number of rotatable bonds is 6. The maximum absolute atomic E-state index is 12.9. The van der Waals surface area contributed by atoms with Crippen molar-refractivity contribution in [2.45, 2.75) is 82.6 Å². The summed E-state index contributed by atoms with van der Waals surface area (Å²) in [7, 11) is 1.58. The highest BCUT2D eigenvalue weighted by Gasteiger charge is 2.62. The zero-order chi connectivity index (χ0) is 22.1. The maximum atomic E-state index is 12.9. The van der Waals surface area contributed by atoms with Gasteiger partial charge in [0, 0.05) is 13.0 Å². The third-order valence-electron chi connectivity index (χ3n) is 7.02. The molecule has 9 heteroatoms. The molecule has 5 unspecified atom stereocenters. The number of aliphatic hydroxyl groups is 1. The van der Waals surface area contributed by atoms with E-state index in [1.165, 1.54) is 4.90 Å². The van der Waals surface area contributed by atoms with Crippen molar-refractivity contribution in [1.29, 1.82) is 0 Å². The van der Waals surface area contributed by atoms with Gasteiger partial charge in [-0.15, -0.1) is 0 Å². The smallest absolute Gasteiger partial charge is 0.431 e. The number of carbonyl (C=O) groups excluding carboxylic acids is 3. The normalized spacial score (nSPS) is 31.5. The SMILES string of the molecule is COC1CCCC2C1=C(C(=O)OCOC(=O)OC1CCCCC1)N1C(=O)C(C(C)O)C21. The van der Waals surface area contributed by atoms with Crippen LogP contribution in [0.25, 0.3) is 0 Å². The van der Waals surface area contributed by atoms with Gasteiger partial charge in [-0.2, -0.15) is 0 Å². The summed E-state index contributed by atoms with van der Waals surface area (Å²) >= 11 is 0. The number of carbonyl (C=O) groups is 3. The average molecular weight is 437 g/mol. The molecular weight excluding hydrogens is 406 g/mol. The Kier molecular flexibility index (Phi) is 6.52. The number of hydrogen-bond donors (Lipinski definition) is 1. The molecule has 0 aromatic heterocycles. The number of ether oxygens (including phenoxy) is 4. The molecule has 3 fully saturated rings. The van der Waals surface area contributed by atoms with E-state index < -0.39 is 30.9 Å². The molecule has 172 valence electrons. The molecule has 2 saturated carbocycles. The zero-order valence-electron chi connectivity index (χ0n) is 18.1. The minimum absolute atomic E-state index is 0.0456. The number of fused-ring (bicyclic) bond motifs is 3. The van der Waals surface area contributed by atoms with E-state index >= 15 is 0 Å². The quantitative estimate of drug-likeness (QED) is 0.383. The van der Waals surface area contributed by atoms with E-state index in [1.54, 1.807) is 14.0 Å². The molecule has 4 aliphatic rings. The van der Waals surface area contributed by atoms with Crippen LogP contribution in [0.15, 0.2) is 11.3 Å². The molecular formula is C22H31NO8. The number of aliphatic hydroxyl groups excluding tert-OH is 1. The van der Waals surface area contributed by atoms with Crippen molar-refractivity contribution in [3.63, 3.8) is 0 Å². The van der Waals surface area contributed by atoms with E-state index in [0.717, 1.165) is 56.9 Å². The van der Waals surface area contributed by atoms with Crippen LogP contribution in [0.5, 0.6) is 0 Å². The topological polar surface area (TPSA) is 112 Å². The Balaban J connectivity index is 1.41. The molecule has 4 rings (SSSR count). The molecule has 1 amide bonds. The van der Waals surface area contributed by atoms with E-state index in [0.29, 0.717) is 0 Å². The molecule has 0 aromatic carbocycles. The molecule has 9 nitrogen and oxygen atoms in total. The molecule has 5 atom stereocenters. The lowest BCUT2D eigenvalue weighted by molar-refractivity contribution is -0.167. The summed E-state index contributed by atoms with van der Waals surface area (Å²) in [5.41, 5.74) is 0.928. The Hall–Kier alpha value is -2.13. The fraction of sp³-hybridized carbons (Fsp3) is 0.773. The summed E-state index contributed by atoms with van der Waals surface area (Å²) in [5, 5.41) is 10.1. The Bertz CT molecular complexity index is 757. The molecule has 2 aliphatic carbocycles. The van der Waals surface area contributed by atoms with E-state index in [9.17, 15) is 19.5 Å². The lowest BCUT2D eigenvalue weighted by Crippen LogP contribution is -2.64. The first-order valence-corrected chi connectivity index (χ1v) is 11.2. The summed E-state index contributed by atoms with van der Waals surface area (Å²) < 4.78 is 21.0. The van der Waals surface area contributed by atoms with Gasteiger partial charge in [-0.05, 0) is 57.4 Å². The highest BCUT2D eigenvalue weighted by molar-refractivity contribution is 6.01. The number of esters is 1. The summed E-state index contributed by atoms with van der Waals surface area (Å²) in [4.78, 5) is 39.0. The van der Waals surface area contributed by atoms with Gasteiger partial charge < -0.3 is 29.0 Å². The minimum Gasteiger partial charge on any atom is -0.431 e. The third-order valence-corrected chi connectivity index (χ3v) is 7.02. The molecule has 2 aliphatic heterocycles. The number of amides is 1. The fourth-order valence-electron chi connectivity index (χ4n) is 5.62. The summed E-state index contributed by atoms with van der Waals surface area (Å²) in [6, 6.07) is -0.264. The van der Waals surface area contributed by atoms with Crippen LogP contribution in [0.4, 0.5) is 4.79 Å². The zero-order valence-corrected chi connectivity index (χ0v) is 18.1. The first-order valence-electron chi connectivity index (χ1n) is 11.2. The molecule has 1 saturated heterocycles. The van der Waals surface area contributed by atoms with Gasteiger partial charge >= 0.3 is 12.1 Å². The van der Waals surface area contributed by atoms with Crippen molar-refractivity contribution < 1.29 is 38.4 Å². The Morgan fingerprint density at radius 3 is 2.52 bits per heavy atom. The Labute approximate surface area is 181 Å². The summed E-state index contributed by atoms with van der Waals surface area (Å²) in [6.07, 6.45) is 5.18. The number of nitrogens with zero attached hydrogens (tertiary/aromatic N) is 1. The lowest BCUT2D eigenvalue weighted by atomic mass is 9.72. The average Bonchev–Trinajstić information content (AvgIpc) is 3.04. The van der Waals surface area contributed by atoms with Crippen LogP contribution < -0.4 is 0 Å². The van der Waals surface area contributed by atoms with Crippen LogP contribution in [-0.2, 0) is 28.5 Å². The van der Waals surface area contributed by atoms with E-state index in [4.69, 9.17) is 18.9 Å². The van der Waals surface area contributed by atoms with Crippen molar-refractivity contribution >= 4 is 18.0 Å². The van der Waals surface area contributed by atoms with Gasteiger partial charge in [0.2, 0.25) is 12.7 Å². The van der Waals surface area contributed by atoms with E-state index in [1.807, 2.05) is 0 Å². The first-order chi connectivity index (χ1) is 14.9. The van der Waals surface area contributed by atoms with Crippen molar-refractivity contribution in [2.24, 2.45) is 11.8 Å². The van der Waals surface area contributed by atoms with Gasteiger partial charge in [0.15, 0.2) is 0 Å².